The first-order chi connectivity index (χ1) is 13.0. The van der Waals surface area contributed by atoms with E-state index >= 15 is 0 Å². The zero-order valence-electron chi connectivity index (χ0n) is 15.8. The number of halogens is 1. The van der Waals surface area contributed by atoms with Crippen LogP contribution in [-0.4, -0.2) is 51.1 Å². The van der Waals surface area contributed by atoms with E-state index in [1.54, 1.807) is 26.2 Å². The number of ether oxygens (including phenoxy) is 1. The molecular weight excluding hydrogens is 364 g/mol. The number of likely N-dealkylation sites (N-methyl/N-ethyl adjacent to an activating group) is 1. The highest BCUT2D eigenvalue weighted by Gasteiger charge is 2.07. The summed E-state index contributed by atoms with van der Waals surface area (Å²) in [5.74, 6) is 1.46. The summed E-state index contributed by atoms with van der Waals surface area (Å²) in [6, 6.07) is 14.8. The summed E-state index contributed by atoms with van der Waals surface area (Å²) in [5, 5.41) is 6.60. The van der Waals surface area contributed by atoms with Crippen LogP contribution in [0.4, 0.5) is 0 Å². The van der Waals surface area contributed by atoms with Gasteiger partial charge in [-0.1, -0.05) is 23.7 Å². The van der Waals surface area contributed by atoms with Crippen LogP contribution in [0.25, 0.3) is 0 Å². The predicted octanol–water partition coefficient (Wildman–Crippen LogP) is 2.79. The molecule has 2 N–H and O–H groups in total. The maximum absolute atomic E-state index is 11.6. The van der Waals surface area contributed by atoms with Crippen LogP contribution in [0.1, 0.15) is 15.9 Å². The number of carbonyl (C=O) groups is 1. The molecule has 0 aliphatic rings. The van der Waals surface area contributed by atoms with Crippen molar-refractivity contribution >= 4 is 23.5 Å². The van der Waals surface area contributed by atoms with Crippen molar-refractivity contribution in [1.29, 1.82) is 0 Å². The molecule has 0 aromatic heterocycles. The molecule has 0 radical (unpaired) electrons. The van der Waals surface area contributed by atoms with Crippen LogP contribution >= 0.6 is 11.6 Å². The Morgan fingerprint density at radius 1 is 1.15 bits per heavy atom. The molecule has 0 unspecified atom stereocenters. The first kappa shape index (κ1) is 20.6. The molecule has 0 atom stereocenters. The Balaban J connectivity index is 1.79. The average molecular weight is 389 g/mol. The summed E-state index contributed by atoms with van der Waals surface area (Å²) in [4.78, 5) is 17.9. The topological polar surface area (TPSA) is 66.0 Å². The Bertz CT molecular complexity index is 761. The van der Waals surface area contributed by atoms with Gasteiger partial charge in [0.2, 0.25) is 0 Å². The zero-order valence-corrected chi connectivity index (χ0v) is 16.6. The van der Waals surface area contributed by atoms with E-state index in [1.165, 1.54) is 0 Å². The average Bonchev–Trinajstić information content (AvgIpc) is 2.70. The van der Waals surface area contributed by atoms with Gasteiger partial charge < -0.3 is 20.3 Å². The number of carbonyl (C=O) groups excluding carboxylic acids is 1. The Morgan fingerprint density at radius 3 is 2.41 bits per heavy atom. The molecule has 2 aromatic carbocycles. The van der Waals surface area contributed by atoms with Gasteiger partial charge in [-0.15, -0.1) is 0 Å². The van der Waals surface area contributed by atoms with Crippen molar-refractivity contribution in [3.8, 4) is 5.75 Å². The molecule has 0 saturated carbocycles. The molecule has 0 heterocycles. The number of benzene rings is 2. The Kier molecular flexibility index (Phi) is 7.95. The van der Waals surface area contributed by atoms with Crippen molar-refractivity contribution in [2.45, 2.75) is 6.54 Å². The lowest BCUT2D eigenvalue weighted by Gasteiger charge is -2.22. The molecule has 0 bridgehead atoms. The largest absolute Gasteiger partial charge is 0.492 e. The van der Waals surface area contributed by atoms with Gasteiger partial charge in [-0.2, -0.15) is 0 Å². The van der Waals surface area contributed by atoms with Crippen LogP contribution in [-0.2, 0) is 6.54 Å². The van der Waals surface area contributed by atoms with Gasteiger partial charge in [0.25, 0.3) is 5.91 Å². The Hall–Kier alpha value is -2.73. The van der Waals surface area contributed by atoms with Crippen LogP contribution in [0.15, 0.2) is 53.5 Å². The van der Waals surface area contributed by atoms with Crippen molar-refractivity contribution < 1.29 is 9.53 Å². The fourth-order valence-electron chi connectivity index (χ4n) is 2.42. The van der Waals surface area contributed by atoms with Crippen molar-refractivity contribution in [2.24, 2.45) is 4.99 Å². The molecule has 0 aliphatic heterocycles. The van der Waals surface area contributed by atoms with Gasteiger partial charge >= 0.3 is 0 Å². The van der Waals surface area contributed by atoms with E-state index in [-0.39, 0.29) is 5.91 Å². The number of amides is 1. The van der Waals surface area contributed by atoms with Crippen molar-refractivity contribution in [3.05, 3.63) is 64.7 Å². The Morgan fingerprint density at radius 2 is 1.81 bits per heavy atom. The number of hydrogen-bond donors (Lipinski definition) is 2. The minimum Gasteiger partial charge on any atom is -0.492 e. The van der Waals surface area contributed by atoms with Gasteiger partial charge in [0.1, 0.15) is 12.4 Å². The quantitative estimate of drug-likeness (QED) is 0.565. The molecule has 7 heteroatoms. The van der Waals surface area contributed by atoms with Crippen LogP contribution in [0.3, 0.4) is 0 Å². The molecule has 2 aromatic rings. The highest BCUT2D eigenvalue weighted by molar-refractivity contribution is 6.30. The summed E-state index contributed by atoms with van der Waals surface area (Å²) >= 11 is 5.87. The highest BCUT2D eigenvalue weighted by Crippen LogP contribution is 2.15. The van der Waals surface area contributed by atoms with Gasteiger partial charge in [-0.05, 0) is 42.0 Å². The maximum atomic E-state index is 11.6. The third-order valence-corrected chi connectivity index (χ3v) is 4.23. The molecule has 0 fully saturated rings. The van der Waals surface area contributed by atoms with E-state index in [4.69, 9.17) is 16.3 Å². The molecule has 6 nitrogen and oxygen atoms in total. The molecular formula is C20H25ClN4O2. The summed E-state index contributed by atoms with van der Waals surface area (Å²) in [6.07, 6.45) is 0. The fraction of sp³-hybridized carbons (Fsp3) is 0.300. The number of nitrogens with zero attached hydrogens (tertiary/aromatic N) is 2. The van der Waals surface area contributed by atoms with Gasteiger partial charge in [0.05, 0.1) is 6.54 Å². The standard InChI is InChI=1S/C20H25ClN4O2/c1-22-19(26)16-6-4-15(5-7-16)14-24-20(23-2)25(3)12-13-27-18-10-8-17(21)9-11-18/h4-11H,12-14H2,1-3H3,(H,22,26)(H,23,24). The van der Waals surface area contributed by atoms with Crippen molar-refractivity contribution in [1.82, 2.24) is 15.5 Å². The number of aliphatic imine (C=N–C) groups is 1. The van der Waals surface area contributed by atoms with E-state index in [0.29, 0.717) is 30.3 Å². The van der Waals surface area contributed by atoms with E-state index < -0.39 is 0 Å². The maximum Gasteiger partial charge on any atom is 0.251 e. The first-order valence-corrected chi connectivity index (χ1v) is 9.02. The second-order valence-corrected chi connectivity index (χ2v) is 6.34. The van der Waals surface area contributed by atoms with E-state index in [0.717, 1.165) is 17.3 Å². The molecule has 1 amide bonds. The van der Waals surface area contributed by atoms with Gasteiger partial charge in [0.15, 0.2) is 5.96 Å². The lowest BCUT2D eigenvalue weighted by Crippen LogP contribution is -2.40. The molecule has 0 saturated heterocycles. The molecule has 144 valence electrons. The normalized spacial score (nSPS) is 11.0. The molecule has 0 spiro atoms. The SMILES string of the molecule is CN=C(NCc1ccc(C(=O)NC)cc1)N(C)CCOc1ccc(Cl)cc1. The second kappa shape index (κ2) is 10.4. The summed E-state index contributed by atoms with van der Waals surface area (Å²) in [6.45, 7) is 1.82. The van der Waals surface area contributed by atoms with Gasteiger partial charge in [0, 0.05) is 38.3 Å². The van der Waals surface area contributed by atoms with Crippen LogP contribution in [0.2, 0.25) is 5.02 Å². The first-order valence-electron chi connectivity index (χ1n) is 8.64. The van der Waals surface area contributed by atoms with E-state index in [2.05, 4.69) is 15.6 Å². The highest BCUT2D eigenvalue weighted by atomic mass is 35.5. The lowest BCUT2D eigenvalue weighted by atomic mass is 10.1. The lowest BCUT2D eigenvalue weighted by molar-refractivity contribution is 0.0963. The number of nitrogens with one attached hydrogen (secondary N) is 2. The van der Waals surface area contributed by atoms with Crippen molar-refractivity contribution in [2.75, 3.05) is 34.3 Å². The summed E-state index contributed by atoms with van der Waals surface area (Å²) in [7, 11) is 5.32. The Labute approximate surface area is 165 Å². The summed E-state index contributed by atoms with van der Waals surface area (Å²) in [5.41, 5.74) is 1.71. The zero-order chi connectivity index (χ0) is 19.6. The van der Waals surface area contributed by atoms with E-state index in [9.17, 15) is 4.79 Å². The number of guanidine groups is 1. The monoisotopic (exact) mass is 388 g/mol. The smallest absolute Gasteiger partial charge is 0.251 e. The third-order valence-electron chi connectivity index (χ3n) is 3.98. The predicted molar refractivity (Wildman–Crippen MR) is 110 cm³/mol. The molecule has 27 heavy (non-hydrogen) atoms. The van der Waals surface area contributed by atoms with Crippen LogP contribution in [0, 0.1) is 0 Å². The number of hydrogen-bond acceptors (Lipinski definition) is 3. The minimum absolute atomic E-state index is 0.0919. The van der Waals surface area contributed by atoms with Crippen LogP contribution < -0.4 is 15.4 Å². The van der Waals surface area contributed by atoms with E-state index in [1.807, 2.05) is 48.3 Å². The van der Waals surface area contributed by atoms with Crippen LogP contribution in [0.5, 0.6) is 5.75 Å². The molecule has 0 aliphatic carbocycles. The minimum atomic E-state index is -0.0919. The number of rotatable bonds is 7. The third kappa shape index (κ3) is 6.49. The molecule has 2 rings (SSSR count). The van der Waals surface area contributed by atoms with Gasteiger partial charge in [-0.3, -0.25) is 9.79 Å². The van der Waals surface area contributed by atoms with Crippen molar-refractivity contribution in [3.63, 3.8) is 0 Å². The second-order valence-electron chi connectivity index (χ2n) is 5.90. The summed E-state index contributed by atoms with van der Waals surface area (Å²) < 4.78 is 5.71. The van der Waals surface area contributed by atoms with Gasteiger partial charge in [-0.25, -0.2) is 0 Å². The fourth-order valence-corrected chi connectivity index (χ4v) is 2.55.